The van der Waals surface area contributed by atoms with E-state index in [4.69, 9.17) is 9.61 Å². The van der Waals surface area contributed by atoms with E-state index in [9.17, 15) is 0 Å². The zero-order chi connectivity index (χ0) is 16.7. The third-order valence-electron chi connectivity index (χ3n) is 3.94. The quantitative estimate of drug-likeness (QED) is 0.614. The van der Waals surface area contributed by atoms with Gasteiger partial charge in [-0.05, 0) is 41.5 Å². The van der Waals surface area contributed by atoms with E-state index in [-0.39, 0.29) is 0 Å². The number of imidazole rings is 1. The number of hydrogen-bond acceptors (Lipinski definition) is 5. The molecular formula is C18H17N5O. The van der Waals surface area contributed by atoms with Gasteiger partial charge in [-0.25, -0.2) is 9.61 Å². The Morgan fingerprint density at radius 2 is 1.83 bits per heavy atom. The molecule has 0 aliphatic carbocycles. The SMILES string of the molecule is Cc1cccc(-c2[nH]c(C(C)C)nc2-c2ccc3nonc3c2)n1. The Labute approximate surface area is 138 Å². The molecule has 4 rings (SSSR count). The average Bonchev–Trinajstić information content (AvgIpc) is 3.21. The van der Waals surface area contributed by atoms with Gasteiger partial charge in [0.2, 0.25) is 0 Å². The van der Waals surface area contributed by atoms with Crippen molar-refractivity contribution < 1.29 is 4.63 Å². The Balaban J connectivity index is 1.92. The van der Waals surface area contributed by atoms with Crippen LogP contribution in [0.5, 0.6) is 0 Å². The zero-order valence-corrected chi connectivity index (χ0v) is 13.7. The van der Waals surface area contributed by atoms with Crippen molar-refractivity contribution in [2.24, 2.45) is 0 Å². The first-order valence-electron chi connectivity index (χ1n) is 7.88. The molecule has 3 aromatic heterocycles. The van der Waals surface area contributed by atoms with E-state index in [2.05, 4.69) is 34.1 Å². The molecule has 0 saturated carbocycles. The number of aryl methyl sites for hydroxylation is 1. The third kappa shape index (κ3) is 2.46. The van der Waals surface area contributed by atoms with Crippen LogP contribution in [0.2, 0.25) is 0 Å². The topological polar surface area (TPSA) is 80.5 Å². The highest BCUT2D eigenvalue weighted by Gasteiger charge is 2.17. The molecule has 0 atom stereocenters. The fourth-order valence-electron chi connectivity index (χ4n) is 2.67. The molecule has 120 valence electrons. The van der Waals surface area contributed by atoms with E-state index in [1.165, 1.54) is 0 Å². The third-order valence-corrected chi connectivity index (χ3v) is 3.94. The highest BCUT2D eigenvalue weighted by molar-refractivity contribution is 5.84. The first-order valence-corrected chi connectivity index (χ1v) is 7.88. The molecule has 4 aromatic rings. The molecule has 1 N–H and O–H groups in total. The lowest BCUT2D eigenvalue weighted by molar-refractivity contribution is 0.315. The van der Waals surface area contributed by atoms with Gasteiger partial charge in [0.05, 0.1) is 17.1 Å². The summed E-state index contributed by atoms with van der Waals surface area (Å²) in [6.07, 6.45) is 0. The van der Waals surface area contributed by atoms with Crippen LogP contribution in [-0.4, -0.2) is 25.3 Å². The van der Waals surface area contributed by atoms with Crippen molar-refractivity contribution in [1.82, 2.24) is 25.3 Å². The smallest absolute Gasteiger partial charge is 0.135 e. The molecule has 0 saturated heterocycles. The molecule has 6 nitrogen and oxygen atoms in total. The van der Waals surface area contributed by atoms with Gasteiger partial charge >= 0.3 is 0 Å². The molecule has 0 unspecified atom stereocenters. The van der Waals surface area contributed by atoms with Gasteiger partial charge in [0.25, 0.3) is 0 Å². The minimum absolute atomic E-state index is 0.291. The standard InChI is InChI=1S/C18H17N5O/c1-10(2)18-20-16(12-7-8-13-15(9-12)23-24-22-13)17(21-18)14-6-4-5-11(3)19-14/h4-10H,1-3H3,(H,20,21). The molecule has 0 radical (unpaired) electrons. The Hall–Kier alpha value is -3.02. The fourth-order valence-corrected chi connectivity index (χ4v) is 2.67. The van der Waals surface area contributed by atoms with Crippen LogP contribution in [0.4, 0.5) is 0 Å². The summed E-state index contributed by atoms with van der Waals surface area (Å²) in [6, 6.07) is 11.8. The molecular weight excluding hydrogens is 302 g/mol. The lowest BCUT2D eigenvalue weighted by Crippen LogP contribution is -1.90. The molecule has 0 spiro atoms. The lowest BCUT2D eigenvalue weighted by atomic mass is 10.1. The number of hydrogen-bond donors (Lipinski definition) is 1. The first kappa shape index (κ1) is 14.6. The van der Waals surface area contributed by atoms with Crippen molar-refractivity contribution in [2.75, 3.05) is 0 Å². The summed E-state index contributed by atoms with van der Waals surface area (Å²) >= 11 is 0. The predicted octanol–water partition coefficient (Wildman–Crippen LogP) is 4.11. The first-order chi connectivity index (χ1) is 11.6. The molecule has 0 fully saturated rings. The van der Waals surface area contributed by atoms with Gasteiger partial charge in [-0.2, -0.15) is 0 Å². The van der Waals surface area contributed by atoms with Crippen LogP contribution < -0.4 is 0 Å². The van der Waals surface area contributed by atoms with Crippen LogP contribution in [0.1, 0.15) is 31.3 Å². The van der Waals surface area contributed by atoms with Crippen molar-refractivity contribution in [3.63, 3.8) is 0 Å². The molecule has 1 aromatic carbocycles. The van der Waals surface area contributed by atoms with Gasteiger partial charge in [0.15, 0.2) is 0 Å². The number of aromatic nitrogens is 5. The van der Waals surface area contributed by atoms with Crippen LogP contribution in [0.3, 0.4) is 0 Å². The number of fused-ring (bicyclic) bond motifs is 1. The van der Waals surface area contributed by atoms with E-state index in [1.54, 1.807) is 0 Å². The highest BCUT2D eigenvalue weighted by atomic mass is 16.6. The normalized spacial score (nSPS) is 11.5. The van der Waals surface area contributed by atoms with Crippen molar-refractivity contribution >= 4 is 11.0 Å². The van der Waals surface area contributed by atoms with Gasteiger partial charge in [-0.15, -0.1) is 0 Å². The number of aromatic amines is 1. The molecule has 0 aliphatic heterocycles. The van der Waals surface area contributed by atoms with Crippen molar-refractivity contribution in [3.8, 4) is 22.6 Å². The largest absolute Gasteiger partial charge is 0.340 e. The van der Waals surface area contributed by atoms with Crippen molar-refractivity contribution in [1.29, 1.82) is 0 Å². The second-order valence-electron chi connectivity index (χ2n) is 6.13. The summed E-state index contributed by atoms with van der Waals surface area (Å²) in [5.41, 5.74) is 6.02. The summed E-state index contributed by atoms with van der Waals surface area (Å²) < 4.78 is 4.79. The molecule has 24 heavy (non-hydrogen) atoms. The number of benzene rings is 1. The Morgan fingerprint density at radius 1 is 1.00 bits per heavy atom. The Morgan fingerprint density at radius 3 is 2.62 bits per heavy atom. The minimum atomic E-state index is 0.291. The van der Waals surface area contributed by atoms with Crippen molar-refractivity contribution in [2.45, 2.75) is 26.7 Å². The maximum Gasteiger partial charge on any atom is 0.135 e. The van der Waals surface area contributed by atoms with E-state index >= 15 is 0 Å². The van der Waals surface area contributed by atoms with Crippen molar-refractivity contribution in [3.05, 3.63) is 47.9 Å². The van der Waals surface area contributed by atoms with Crippen LogP contribution in [0.25, 0.3) is 33.7 Å². The monoisotopic (exact) mass is 319 g/mol. The van der Waals surface area contributed by atoms with E-state index in [1.807, 2.05) is 43.3 Å². The Kier molecular flexibility index (Phi) is 3.37. The maximum atomic E-state index is 4.80. The minimum Gasteiger partial charge on any atom is -0.340 e. The number of pyridine rings is 1. The maximum absolute atomic E-state index is 4.80. The van der Waals surface area contributed by atoms with Gasteiger partial charge in [-0.3, -0.25) is 4.98 Å². The van der Waals surface area contributed by atoms with Crippen LogP contribution in [0, 0.1) is 6.92 Å². The van der Waals surface area contributed by atoms with E-state index < -0.39 is 0 Å². The average molecular weight is 319 g/mol. The van der Waals surface area contributed by atoms with Crippen LogP contribution >= 0.6 is 0 Å². The lowest BCUT2D eigenvalue weighted by Gasteiger charge is -2.03. The number of H-pyrrole nitrogens is 1. The van der Waals surface area contributed by atoms with E-state index in [0.717, 1.165) is 39.7 Å². The number of nitrogens with one attached hydrogen (secondary N) is 1. The molecule has 6 heteroatoms. The zero-order valence-electron chi connectivity index (χ0n) is 13.7. The highest BCUT2D eigenvalue weighted by Crippen LogP contribution is 2.32. The number of rotatable bonds is 3. The van der Waals surface area contributed by atoms with Gasteiger partial charge < -0.3 is 4.98 Å². The molecule has 3 heterocycles. The summed E-state index contributed by atoms with van der Waals surface area (Å²) in [5, 5.41) is 7.78. The molecule has 0 bridgehead atoms. The predicted molar refractivity (Wildman–Crippen MR) is 91.4 cm³/mol. The van der Waals surface area contributed by atoms with Gasteiger partial charge in [-0.1, -0.05) is 26.0 Å². The molecule has 0 amide bonds. The summed E-state index contributed by atoms with van der Waals surface area (Å²) in [5.74, 6) is 1.22. The summed E-state index contributed by atoms with van der Waals surface area (Å²) in [7, 11) is 0. The van der Waals surface area contributed by atoms with E-state index in [0.29, 0.717) is 11.4 Å². The van der Waals surface area contributed by atoms with Crippen LogP contribution in [-0.2, 0) is 0 Å². The second-order valence-corrected chi connectivity index (χ2v) is 6.13. The van der Waals surface area contributed by atoms with Gasteiger partial charge in [0, 0.05) is 17.2 Å². The summed E-state index contributed by atoms with van der Waals surface area (Å²) in [4.78, 5) is 12.9. The second kappa shape index (κ2) is 5.56. The Bertz CT molecular complexity index is 1020. The fraction of sp³-hybridized carbons (Fsp3) is 0.222. The molecule has 0 aliphatic rings. The number of nitrogens with zero attached hydrogens (tertiary/aromatic N) is 4. The summed E-state index contributed by atoms with van der Waals surface area (Å²) in [6.45, 7) is 6.21. The van der Waals surface area contributed by atoms with Crippen LogP contribution in [0.15, 0.2) is 41.0 Å². The van der Waals surface area contributed by atoms with Gasteiger partial charge in [0.1, 0.15) is 16.9 Å².